The van der Waals surface area contributed by atoms with Crippen molar-refractivity contribution in [3.63, 3.8) is 0 Å². The molecule has 2 atom stereocenters. The van der Waals surface area contributed by atoms with Crippen molar-refractivity contribution < 1.29 is 9.53 Å². The van der Waals surface area contributed by atoms with Gasteiger partial charge in [0.05, 0.1) is 6.61 Å². The summed E-state index contributed by atoms with van der Waals surface area (Å²) in [6.07, 6.45) is 4.96. The molecule has 2 N–H and O–H groups in total. The summed E-state index contributed by atoms with van der Waals surface area (Å²) in [6.45, 7) is 3.24. The van der Waals surface area contributed by atoms with Gasteiger partial charge in [0.2, 0.25) is 5.91 Å². The first-order valence-electron chi connectivity index (χ1n) is 8.55. The number of halogens is 2. The maximum atomic E-state index is 12.9. The maximum Gasteiger partial charge on any atom is 0.226 e. The zero-order valence-corrected chi connectivity index (χ0v) is 16.4. The zero-order chi connectivity index (χ0) is 16.4. The minimum atomic E-state index is 0. The van der Waals surface area contributed by atoms with E-state index < -0.39 is 0 Å². The molecular weight excluding hydrogens is 392 g/mol. The molecule has 3 rings (SSSR count). The number of carbonyl (C=O) groups is 1. The van der Waals surface area contributed by atoms with Gasteiger partial charge in [0.1, 0.15) is 5.75 Å². The Labute approximate surface area is 158 Å². The Kier molecular flexibility index (Phi) is 6.96. The molecule has 2 aliphatic carbocycles. The molecule has 0 aliphatic heterocycles. The van der Waals surface area contributed by atoms with Crippen LogP contribution in [0.3, 0.4) is 0 Å². The molecule has 24 heavy (non-hydrogen) atoms. The second kappa shape index (κ2) is 8.54. The number of ether oxygens (including phenoxy) is 1. The predicted octanol–water partition coefficient (Wildman–Crippen LogP) is 3.89. The zero-order valence-electron chi connectivity index (χ0n) is 14.0. The first kappa shape index (κ1) is 19.5. The number of nitrogens with two attached hydrogens (primary N) is 1. The van der Waals surface area contributed by atoms with Crippen molar-refractivity contribution in [1.29, 1.82) is 0 Å². The van der Waals surface area contributed by atoms with Crippen LogP contribution < -0.4 is 10.5 Å². The third-order valence-corrected chi connectivity index (χ3v) is 5.25. The number of carbonyl (C=O) groups excluding carboxylic acids is 1. The van der Waals surface area contributed by atoms with E-state index in [9.17, 15) is 4.79 Å². The number of benzene rings is 1. The highest BCUT2D eigenvalue weighted by Crippen LogP contribution is 2.35. The fourth-order valence-corrected chi connectivity index (χ4v) is 3.81. The summed E-state index contributed by atoms with van der Waals surface area (Å²) >= 11 is 3.53. The van der Waals surface area contributed by atoms with Gasteiger partial charge in [0.15, 0.2) is 0 Å². The van der Waals surface area contributed by atoms with Gasteiger partial charge in [-0.15, -0.1) is 12.4 Å². The fraction of sp³-hybridized carbons (Fsp3) is 0.611. The van der Waals surface area contributed by atoms with Crippen molar-refractivity contribution in [2.24, 2.45) is 11.7 Å². The second-order valence-corrected chi connectivity index (χ2v) is 7.57. The van der Waals surface area contributed by atoms with Gasteiger partial charge in [0.25, 0.3) is 0 Å². The number of rotatable bonds is 6. The molecule has 0 radical (unpaired) electrons. The molecule has 2 unspecified atom stereocenters. The van der Waals surface area contributed by atoms with Crippen LogP contribution in [0.2, 0.25) is 0 Å². The highest BCUT2D eigenvalue weighted by Gasteiger charge is 2.38. The molecule has 1 amide bonds. The highest BCUT2D eigenvalue weighted by molar-refractivity contribution is 9.10. The average Bonchev–Trinajstić information content (AvgIpc) is 3.27. The van der Waals surface area contributed by atoms with E-state index in [1.807, 2.05) is 19.1 Å². The Balaban J connectivity index is 0.00000208. The van der Waals surface area contributed by atoms with Gasteiger partial charge in [-0.05, 0) is 57.2 Å². The second-order valence-electron chi connectivity index (χ2n) is 6.65. The molecule has 0 bridgehead atoms. The molecule has 0 heterocycles. The van der Waals surface area contributed by atoms with Gasteiger partial charge < -0.3 is 15.4 Å². The Morgan fingerprint density at radius 1 is 1.33 bits per heavy atom. The van der Waals surface area contributed by atoms with E-state index in [2.05, 4.69) is 26.9 Å². The highest BCUT2D eigenvalue weighted by atomic mass is 79.9. The molecule has 1 aromatic carbocycles. The summed E-state index contributed by atoms with van der Waals surface area (Å²) in [5.74, 6) is 1.26. The van der Waals surface area contributed by atoms with Crippen molar-refractivity contribution in [3.05, 3.63) is 28.2 Å². The van der Waals surface area contributed by atoms with Crippen LogP contribution in [0.4, 0.5) is 0 Å². The van der Waals surface area contributed by atoms with Crippen LogP contribution in [0.25, 0.3) is 0 Å². The summed E-state index contributed by atoms with van der Waals surface area (Å²) in [7, 11) is 0. The number of nitrogens with zero attached hydrogens (tertiary/aromatic N) is 1. The van der Waals surface area contributed by atoms with Crippen molar-refractivity contribution in [3.8, 4) is 5.75 Å². The molecule has 0 spiro atoms. The lowest BCUT2D eigenvalue weighted by atomic mass is 10.1. The van der Waals surface area contributed by atoms with Crippen LogP contribution in [0, 0.1) is 5.92 Å². The van der Waals surface area contributed by atoms with Crippen LogP contribution in [0.15, 0.2) is 22.7 Å². The Morgan fingerprint density at radius 2 is 2.08 bits per heavy atom. The molecule has 4 nitrogen and oxygen atoms in total. The van der Waals surface area contributed by atoms with Crippen molar-refractivity contribution in [2.45, 2.75) is 57.7 Å². The number of amides is 1. The van der Waals surface area contributed by atoms with E-state index in [1.54, 1.807) is 0 Å². The molecule has 0 saturated heterocycles. The van der Waals surface area contributed by atoms with Crippen molar-refractivity contribution in [2.75, 3.05) is 6.61 Å². The number of hydrogen-bond acceptors (Lipinski definition) is 3. The van der Waals surface area contributed by atoms with Crippen molar-refractivity contribution >= 4 is 34.2 Å². The van der Waals surface area contributed by atoms with Crippen LogP contribution in [0.1, 0.15) is 44.6 Å². The summed E-state index contributed by atoms with van der Waals surface area (Å²) in [5, 5.41) is 0. The fourth-order valence-electron chi connectivity index (χ4n) is 3.40. The summed E-state index contributed by atoms with van der Waals surface area (Å²) < 4.78 is 6.75. The quantitative estimate of drug-likeness (QED) is 0.764. The first-order valence-corrected chi connectivity index (χ1v) is 9.35. The Hall–Kier alpha value is -0.780. The first-order chi connectivity index (χ1) is 11.1. The molecule has 0 aromatic heterocycles. The van der Waals surface area contributed by atoms with Gasteiger partial charge >= 0.3 is 0 Å². The molecule has 6 heteroatoms. The van der Waals surface area contributed by atoms with E-state index in [0.717, 1.165) is 47.9 Å². The van der Waals surface area contributed by atoms with E-state index in [4.69, 9.17) is 10.5 Å². The van der Waals surface area contributed by atoms with Crippen LogP contribution in [0.5, 0.6) is 5.75 Å². The van der Waals surface area contributed by atoms with Gasteiger partial charge in [-0.25, -0.2) is 0 Å². The summed E-state index contributed by atoms with van der Waals surface area (Å²) in [5.41, 5.74) is 7.07. The van der Waals surface area contributed by atoms with E-state index in [-0.39, 0.29) is 30.3 Å². The van der Waals surface area contributed by atoms with Gasteiger partial charge in [-0.1, -0.05) is 15.9 Å². The number of hydrogen-bond donors (Lipinski definition) is 1. The van der Waals surface area contributed by atoms with Crippen molar-refractivity contribution in [1.82, 2.24) is 4.90 Å². The van der Waals surface area contributed by atoms with E-state index in [1.165, 1.54) is 0 Å². The smallest absolute Gasteiger partial charge is 0.226 e. The molecular formula is C18H26BrClN2O2. The summed E-state index contributed by atoms with van der Waals surface area (Å²) in [4.78, 5) is 15.0. The monoisotopic (exact) mass is 416 g/mol. The average molecular weight is 418 g/mol. The van der Waals surface area contributed by atoms with Crippen LogP contribution >= 0.6 is 28.3 Å². The molecule has 2 fully saturated rings. The van der Waals surface area contributed by atoms with Gasteiger partial charge in [0, 0.05) is 34.6 Å². The third-order valence-electron chi connectivity index (χ3n) is 4.76. The minimum Gasteiger partial charge on any atom is -0.494 e. The van der Waals surface area contributed by atoms with Crippen LogP contribution in [-0.2, 0) is 11.3 Å². The molecule has 2 aliphatic rings. The minimum absolute atomic E-state index is 0. The largest absolute Gasteiger partial charge is 0.494 e. The normalized spacial score (nSPS) is 22.8. The summed E-state index contributed by atoms with van der Waals surface area (Å²) in [6, 6.07) is 6.61. The lowest BCUT2D eigenvalue weighted by Gasteiger charge is -2.26. The third kappa shape index (κ3) is 4.64. The van der Waals surface area contributed by atoms with Gasteiger partial charge in [-0.2, -0.15) is 0 Å². The topological polar surface area (TPSA) is 55.6 Å². The standard InChI is InChI=1S/C18H25BrN2O2.ClH/c1-2-23-17-8-4-14(19)9-13(17)11-21(16-6-7-16)18(22)12-3-5-15(20)10-12;/h4,8-9,12,15-16H,2-3,5-7,10-11,20H2,1H3;1H. The predicted molar refractivity (Wildman–Crippen MR) is 101 cm³/mol. The van der Waals surface area contributed by atoms with Crippen LogP contribution in [-0.4, -0.2) is 29.5 Å². The van der Waals surface area contributed by atoms with E-state index in [0.29, 0.717) is 19.2 Å². The van der Waals surface area contributed by atoms with Gasteiger partial charge in [-0.3, -0.25) is 4.79 Å². The Bertz CT molecular complexity index is 580. The SMILES string of the molecule is CCOc1ccc(Br)cc1CN(C(=O)C1CCC(N)C1)C1CC1.Cl. The van der Waals surface area contributed by atoms with E-state index >= 15 is 0 Å². The lowest BCUT2D eigenvalue weighted by molar-refractivity contribution is -0.136. The maximum absolute atomic E-state index is 12.9. The Morgan fingerprint density at radius 3 is 2.67 bits per heavy atom. The molecule has 134 valence electrons. The molecule has 2 saturated carbocycles. The lowest BCUT2D eigenvalue weighted by Crippen LogP contribution is -2.37. The molecule has 1 aromatic rings.